The molecule has 3 nitrogen and oxygen atoms in total. The maximum atomic E-state index is 5.71. The Bertz CT molecular complexity index is 493. The number of rotatable bonds is 7. The minimum absolute atomic E-state index is 0.678. The van der Waals surface area contributed by atoms with E-state index in [1.165, 1.54) is 16.0 Å². The summed E-state index contributed by atoms with van der Waals surface area (Å²) in [4.78, 5) is 5.56. The number of thiazole rings is 1. The lowest BCUT2D eigenvalue weighted by Gasteiger charge is -2.05. The molecule has 0 aliphatic rings. The molecule has 1 heterocycles. The van der Waals surface area contributed by atoms with Gasteiger partial charge in [-0.05, 0) is 25.1 Å². The van der Waals surface area contributed by atoms with Crippen LogP contribution in [0.15, 0.2) is 29.8 Å². The third kappa shape index (κ3) is 4.42. The fourth-order valence-corrected chi connectivity index (χ4v) is 2.64. The molecule has 1 aromatic carbocycles. The molecule has 1 aromatic heterocycles. The second-order valence-corrected chi connectivity index (χ2v) is 5.45. The Morgan fingerprint density at radius 2 is 1.95 bits per heavy atom. The SMILES string of the molecule is CNCc1ccc(COCCc2scnc2C)cc1. The van der Waals surface area contributed by atoms with Crippen LogP contribution in [-0.4, -0.2) is 18.6 Å². The van der Waals surface area contributed by atoms with E-state index in [1.54, 1.807) is 11.3 Å². The Labute approximate surface area is 118 Å². The first-order chi connectivity index (χ1) is 9.29. The van der Waals surface area contributed by atoms with E-state index in [2.05, 4.69) is 34.6 Å². The van der Waals surface area contributed by atoms with Crippen LogP contribution in [0.4, 0.5) is 0 Å². The Hall–Kier alpha value is -1.23. The molecule has 0 spiro atoms. The lowest BCUT2D eigenvalue weighted by atomic mass is 10.1. The quantitative estimate of drug-likeness (QED) is 0.790. The van der Waals surface area contributed by atoms with E-state index < -0.39 is 0 Å². The largest absolute Gasteiger partial charge is 0.376 e. The van der Waals surface area contributed by atoms with Crippen molar-refractivity contribution in [3.63, 3.8) is 0 Å². The van der Waals surface area contributed by atoms with Gasteiger partial charge in [-0.1, -0.05) is 24.3 Å². The van der Waals surface area contributed by atoms with E-state index in [4.69, 9.17) is 4.74 Å². The van der Waals surface area contributed by atoms with E-state index in [0.29, 0.717) is 6.61 Å². The topological polar surface area (TPSA) is 34.1 Å². The van der Waals surface area contributed by atoms with Crippen molar-refractivity contribution < 1.29 is 4.74 Å². The number of nitrogens with one attached hydrogen (secondary N) is 1. The molecule has 2 aromatic rings. The van der Waals surface area contributed by atoms with Gasteiger partial charge in [-0.3, -0.25) is 0 Å². The van der Waals surface area contributed by atoms with Gasteiger partial charge < -0.3 is 10.1 Å². The monoisotopic (exact) mass is 276 g/mol. The summed E-state index contributed by atoms with van der Waals surface area (Å²) in [6, 6.07) is 8.54. The van der Waals surface area contributed by atoms with Gasteiger partial charge in [0, 0.05) is 17.8 Å². The fraction of sp³-hybridized carbons (Fsp3) is 0.400. The van der Waals surface area contributed by atoms with Crippen LogP contribution >= 0.6 is 11.3 Å². The molecule has 102 valence electrons. The van der Waals surface area contributed by atoms with Crippen molar-refractivity contribution in [2.75, 3.05) is 13.7 Å². The van der Waals surface area contributed by atoms with Crippen molar-refractivity contribution in [3.05, 3.63) is 51.5 Å². The summed E-state index contributed by atoms with van der Waals surface area (Å²) < 4.78 is 5.71. The molecule has 0 aliphatic heterocycles. The van der Waals surface area contributed by atoms with Gasteiger partial charge in [0.25, 0.3) is 0 Å². The summed E-state index contributed by atoms with van der Waals surface area (Å²) in [6.07, 6.45) is 0.953. The summed E-state index contributed by atoms with van der Waals surface area (Å²) in [7, 11) is 1.96. The first-order valence-electron chi connectivity index (χ1n) is 6.48. The minimum atomic E-state index is 0.678. The van der Waals surface area contributed by atoms with Crippen LogP contribution < -0.4 is 5.32 Å². The number of aryl methyl sites for hydroxylation is 1. The summed E-state index contributed by atoms with van der Waals surface area (Å²) in [5.74, 6) is 0. The maximum absolute atomic E-state index is 5.71. The van der Waals surface area contributed by atoms with Crippen LogP contribution in [-0.2, 0) is 24.3 Å². The molecular weight excluding hydrogens is 256 g/mol. The predicted molar refractivity (Wildman–Crippen MR) is 79.4 cm³/mol. The van der Waals surface area contributed by atoms with Crippen molar-refractivity contribution >= 4 is 11.3 Å². The minimum Gasteiger partial charge on any atom is -0.376 e. The van der Waals surface area contributed by atoms with Gasteiger partial charge in [0.15, 0.2) is 0 Å². The van der Waals surface area contributed by atoms with Crippen molar-refractivity contribution in [1.82, 2.24) is 10.3 Å². The molecule has 0 atom stereocenters. The highest BCUT2D eigenvalue weighted by molar-refractivity contribution is 7.09. The second kappa shape index (κ2) is 7.38. The zero-order valence-electron chi connectivity index (χ0n) is 11.5. The van der Waals surface area contributed by atoms with Gasteiger partial charge in [0.05, 0.1) is 24.4 Å². The molecule has 0 saturated carbocycles. The molecular formula is C15H20N2OS. The van der Waals surface area contributed by atoms with Gasteiger partial charge in [-0.2, -0.15) is 0 Å². The molecule has 0 saturated heterocycles. The fourth-order valence-electron chi connectivity index (χ4n) is 1.88. The van der Waals surface area contributed by atoms with E-state index in [0.717, 1.165) is 25.3 Å². The number of hydrogen-bond donors (Lipinski definition) is 1. The summed E-state index contributed by atoms with van der Waals surface area (Å²) >= 11 is 1.71. The Balaban J connectivity index is 1.72. The smallest absolute Gasteiger partial charge is 0.0797 e. The highest BCUT2D eigenvalue weighted by atomic mass is 32.1. The first kappa shape index (κ1) is 14.2. The van der Waals surface area contributed by atoms with Crippen molar-refractivity contribution in [2.24, 2.45) is 0 Å². The van der Waals surface area contributed by atoms with Crippen molar-refractivity contribution in [1.29, 1.82) is 0 Å². The highest BCUT2D eigenvalue weighted by Crippen LogP contribution is 2.13. The van der Waals surface area contributed by atoms with Crippen molar-refractivity contribution in [3.8, 4) is 0 Å². The summed E-state index contributed by atoms with van der Waals surface area (Å²) in [5.41, 5.74) is 5.54. The van der Waals surface area contributed by atoms with Crippen LogP contribution in [0.3, 0.4) is 0 Å². The Morgan fingerprint density at radius 1 is 1.21 bits per heavy atom. The molecule has 2 rings (SSSR count). The number of nitrogens with zero attached hydrogens (tertiary/aromatic N) is 1. The van der Waals surface area contributed by atoms with Gasteiger partial charge >= 0.3 is 0 Å². The average molecular weight is 276 g/mol. The lowest BCUT2D eigenvalue weighted by Crippen LogP contribution is -2.05. The third-order valence-corrected chi connectivity index (χ3v) is 3.99. The molecule has 0 radical (unpaired) electrons. The molecule has 0 fully saturated rings. The lowest BCUT2D eigenvalue weighted by molar-refractivity contribution is 0.124. The summed E-state index contributed by atoms with van der Waals surface area (Å²) in [6.45, 7) is 4.39. The van der Waals surface area contributed by atoms with Gasteiger partial charge in [-0.25, -0.2) is 4.98 Å². The Kier molecular flexibility index (Phi) is 5.51. The molecule has 0 aliphatic carbocycles. The Morgan fingerprint density at radius 3 is 2.58 bits per heavy atom. The molecule has 4 heteroatoms. The predicted octanol–water partition coefficient (Wildman–Crippen LogP) is 2.93. The van der Waals surface area contributed by atoms with Gasteiger partial charge in [0.2, 0.25) is 0 Å². The van der Waals surface area contributed by atoms with Crippen LogP contribution in [0.2, 0.25) is 0 Å². The second-order valence-electron chi connectivity index (χ2n) is 4.51. The molecule has 19 heavy (non-hydrogen) atoms. The zero-order valence-corrected chi connectivity index (χ0v) is 12.3. The molecule has 0 amide bonds. The average Bonchev–Trinajstić information content (AvgIpc) is 2.83. The van der Waals surface area contributed by atoms with Crippen LogP contribution in [0.5, 0.6) is 0 Å². The normalized spacial score (nSPS) is 10.8. The van der Waals surface area contributed by atoms with E-state index in [1.807, 2.05) is 19.5 Å². The van der Waals surface area contributed by atoms with E-state index >= 15 is 0 Å². The van der Waals surface area contributed by atoms with Crippen LogP contribution in [0.1, 0.15) is 21.7 Å². The first-order valence-corrected chi connectivity index (χ1v) is 7.36. The highest BCUT2D eigenvalue weighted by Gasteiger charge is 2.01. The van der Waals surface area contributed by atoms with Gasteiger partial charge in [0.1, 0.15) is 0 Å². The number of ether oxygens (including phenoxy) is 1. The number of hydrogen-bond acceptors (Lipinski definition) is 4. The van der Waals surface area contributed by atoms with Crippen molar-refractivity contribution in [2.45, 2.75) is 26.5 Å². The number of benzene rings is 1. The zero-order chi connectivity index (χ0) is 13.5. The van der Waals surface area contributed by atoms with E-state index in [9.17, 15) is 0 Å². The maximum Gasteiger partial charge on any atom is 0.0797 e. The third-order valence-electron chi connectivity index (χ3n) is 2.99. The summed E-state index contributed by atoms with van der Waals surface area (Å²) in [5, 5.41) is 3.14. The van der Waals surface area contributed by atoms with Crippen LogP contribution in [0, 0.1) is 6.92 Å². The standard InChI is InChI=1S/C15H20N2OS/c1-12-15(19-11-17-12)7-8-18-10-14-5-3-13(4-6-14)9-16-2/h3-6,11,16H,7-10H2,1-2H3. The molecule has 1 N–H and O–H groups in total. The molecule has 0 bridgehead atoms. The van der Waals surface area contributed by atoms with Crippen LogP contribution in [0.25, 0.3) is 0 Å². The number of aromatic nitrogens is 1. The van der Waals surface area contributed by atoms with Gasteiger partial charge in [-0.15, -0.1) is 11.3 Å². The molecule has 0 unspecified atom stereocenters. The van der Waals surface area contributed by atoms with E-state index in [-0.39, 0.29) is 0 Å².